The zero-order valence-corrected chi connectivity index (χ0v) is 13.4. The molecule has 6 nitrogen and oxygen atoms in total. The number of furan rings is 1. The van der Waals surface area contributed by atoms with Crippen LogP contribution in [0.3, 0.4) is 0 Å². The molecular formula is C17H20N2O4. The van der Waals surface area contributed by atoms with E-state index in [1.807, 2.05) is 0 Å². The average molecular weight is 316 g/mol. The molecule has 0 fully saturated rings. The van der Waals surface area contributed by atoms with Crippen LogP contribution in [0.5, 0.6) is 0 Å². The van der Waals surface area contributed by atoms with Gasteiger partial charge in [0.05, 0.1) is 12.8 Å². The zero-order valence-electron chi connectivity index (χ0n) is 13.4. The highest BCUT2D eigenvalue weighted by Crippen LogP contribution is 2.20. The van der Waals surface area contributed by atoms with Gasteiger partial charge in [-0.1, -0.05) is 6.07 Å². The lowest BCUT2D eigenvalue weighted by Gasteiger charge is -2.21. The fraction of sp³-hybridized carbons (Fsp3) is 0.294. The topological polar surface area (TPSA) is 82.8 Å². The molecule has 1 aromatic heterocycles. The molecule has 0 radical (unpaired) electrons. The predicted octanol–water partition coefficient (Wildman–Crippen LogP) is 1.62. The quantitative estimate of drug-likeness (QED) is 0.878. The number of carbonyl (C=O) groups excluding carboxylic acids is 2. The first-order valence-corrected chi connectivity index (χ1v) is 7.17. The fourth-order valence-corrected chi connectivity index (χ4v) is 2.08. The minimum Gasteiger partial charge on any atom is -0.466 e. The first kappa shape index (κ1) is 16.8. The van der Waals surface area contributed by atoms with Gasteiger partial charge in [-0.25, -0.2) is 0 Å². The summed E-state index contributed by atoms with van der Waals surface area (Å²) in [6, 6.07) is 9.75. The summed E-state index contributed by atoms with van der Waals surface area (Å²) in [5.41, 5.74) is -0.524. The minimum atomic E-state index is -1.31. The summed E-state index contributed by atoms with van der Waals surface area (Å²) in [5, 5.41) is 13.0. The second-order valence-corrected chi connectivity index (χ2v) is 5.71. The Morgan fingerprint density at radius 3 is 2.52 bits per heavy atom. The molecule has 6 heteroatoms. The van der Waals surface area contributed by atoms with Gasteiger partial charge in [-0.05, 0) is 37.3 Å². The third-order valence-corrected chi connectivity index (χ3v) is 3.42. The highest BCUT2D eigenvalue weighted by Gasteiger charge is 2.27. The summed E-state index contributed by atoms with van der Waals surface area (Å²) in [5.74, 6) is -0.179. The second kappa shape index (κ2) is 6.66. The smallest absolute Gasteiger partial charge is 0.253 e. The van der Waals surface area contributed by atoms with Crippen molar-refractivity contribution in [3.05, 3.63) is 59.5 Å². The highest BCUT2D eigenvalue weighted by molar-refractivity contribution is 5.99. The Balaban J connectivity index is 2.07. The van der Waals surface area contributed by atoms with Gasteiger partial charge >= 0.3 is 0 Å². The van der Waals surface area contributed by atoms with Crippen LogP contribution >= 0.6 is 0 Å². The molecule has 1 unspecified atom stereocenters. The standard InChI is InChI=1S/C17H20N2O4/c1-17(22,14-8-5-9-23-14)11-18-15(20)12-6-4-7-13(10-12)16(21)19(2)3/h4-10,22H,11H2,1-3H3,(H,18,20). The van der Waals surface area contributed by atoms with E-state index in [9.17, 15) is 14.7 Å². The summed E-state index contributed by atoms with van der Waals surface area (Å²) in [6.07, 6.45) is 1.46. The van der Waals surface area contributed by atoms with Crippen LogP contribution < -0.4 is 5.32 Å². The lowest BCUT2D eigenvalue weighted by Crippen LogP contribution is -2.38. The number of carbonyl (C=O) groups is 2. The number of benzene rings is 1. The molecule has 0 saturated carbocycles. The molecule has 0 aliphatic carbocycles. The van der Waals surface area contributed by atoms with Gasteiger partial charge in [0.15, 0.2) is 0 Å². The highest BCUT2D eigenvalue weighted by atomic mass is 16.4. The molecule has 1 atom stereocenters. The van der Waals surface area contributed by atoms with Crippen LogP contribution in [-0.2, 0) is 5.60 Å². The van der Waals surface area contributed by atoms with E-state index < -0.39 is 5.60 Å². The summed E-state index contributed by atoms with van der Waals surface area (Å²) < 4.78 is 5.16. The van der Waals surface area contributed by atoms with Crippen LogP contribution in [0.15, 0.2) is 47.1 Å². The van der Waals surface area contributed by atoms with E-state index in [0.717, 1.165) is 0 Å². The Labute approximate surface area is 134 Å². The molecule has 1 aromatic carbocycles. The monoisotopic (exact) mass is 316 g/mol. The third kappa shape index (κ3) is 3.98. The van der Waals surface area contributed by atoms with Gasteiger partial charge in [0.1, 0.15) is 11.4 Å². The van der Waals surface area contributed by atoms with Crippen LogP contribution in [-0.4, -0.2) is 42.5 Å². The number of rotatable bonds is 5. The molecular weight excluding hydrogens is 296 g/mol. The van der Waals surface area contributed by atoms with Crippen molar-refractivity contribution < 1.29 is 19.1 Å². The van der Waals surface area contributed by atoms with Crippen molar-refractivity contribution in [1.29, 1.82) is 0 Å². The van der Waals surface area contributed by atoms with Crippen molar-refractivity contribution in [2.24, 2.45) is 0 Å². The van der Waals surface area contributed by atoms with Crippen molar-refractivity contribution in [3.8, 4) is 0 Å². The zero-order chi connectivity index (χ0) is 17.0. The summed E-state index contributed by atoms with van der Waals surface area (Å²) in [6.45, 7) is 1.54. The van der Waals surface area contributed by atoms with Crippen LogP contribution in [0, 0.1) is 0 Å². The number of nitrogens with one attached hydrogen (secondary N) is 1. The number of aliphatic hydroxyl groups is 1. The van der Waals surface area contributed by atoms with Crippen LogP contribution in [0.4, 0.5) is 0 Å². The molecule has 0 aliphatic rings. The Hall–Kier alpha value is -2.60. The average Bonchev–Trinajstić information content (AvgIpc) is 3.07. The van der Waals surface area contributed by atoms with E-state index in [2.05, 4.69) is 5.32 Å². The summed E-state index contributed by atoms with van der Waals surface area (Å²) in [4.78, 5) is 25.6. The molecule has 23 heavy (non-hydrogen) atoms. The van der Waals surface area contributed by atoms with E-state index in [1.54, 1.807) is 51.4 Å². The lowest BCUT2D eigenvalue weighted by atomic mass is 10.0. The third-order valence-electron chi connectivity index (χ3n) is 3.42. The van der Waals surface area contributed by atoms with Crippen molar-refractivity contribution in [2.45, 2.75) is 12.5 Å². The van der Waals surface area contributed by atoms with Crippen LogP contribution in [0.1, 0.15) is 33.4 Å². The van der Waals surface area contributed by atoms with Gasteiger partial charge in [0, 0.05) is 25.2 Å². The van der Waals surface area contributed by atoms with E-state index in [-0.39, 0.29) is 18.4 Å². The Morgan fingerprint density at radius 2 is 1.91 bits per heavy atom. The summed E-state index contributed by atoms with van der Waals surface area (Å²) in [7, 11) is 3.30. The SMILES string of the molecule is CN(C)C(=O)c1cccc(C(=O)NCC(C)(O)c2ccco2)c1. The van der Waals surface area contributed by atoms with Crippen LogP contribution in [0.2, 0.25) is 0 Å². The maximum Gasteiger partial charge on any atom is 0.253 e. The van der Waals surface area contributed by atoms with Crippen molar-refractivity contribution >= 4 is 11.8 Å². The van der Waals surface area contributed by atoms with Crippen LogP contribution in [0.25, 0.3) is 0 Å². The van der Waals surface area contributed by atoms with Crippen molar-refractivity contribution in [2.75, 3.05) is 20.6 Å². The van der Waals surface area contributed by atoms with Gasteiger partial charge in [-0.3, -0.25) is 9.59 Å². The van der Waals surface area contributed by atoms with E-state index in [4.69, 9.17) is 4.42 Å². The normalized spacial score (nSPS) is 13.2. The van der Waals surface area contributed by atoms with Gasteiger partial charge in [-0.2, -0.15) is 0 Å². The van der Waals surface area contributed by atoms with Crippen molar-refractivity contribution in [3.63, 3.8) is 0 Å². The Bertz CT molecular complexity index is 690. The van der Waals surface area contributed by atoms with E-state index >= 15 is 0 Å². The lowest BCUT2D eigenvalue weighted by molar-refractivity contribution is 0.0330. The predicted molar refractivity (Wildman–Crippen MR) is 85.1 cm³/mol. The Morgan fingerprint density at radius 1 is 1.22 bits per heavy atom. The molecule has 2 N–H and O–H groups in total. The molecule has 0 bridgehead atoms. The maximum atomic E-state index is 12.2. The molecule has 0 saturated heterocycles. The van der Waals surface area contributed by atoms with Gasteiger partial charge in [0.2, 0.25) is 0 Å². The minimum absolute atomic E-state index is 0.00873. The summed E-state index contributed by atoms with van der Waals surface area (Å²) >= 11 is 0. The van der Waals surface area contributed by atoms with E-state index in [1.165, 1.54) is 17.2 Å². The Kier molecular flexibility index (Phi) is 4.86. The van der Waals surface area contributed by atoms with Gasteiger partial charge in [-0.15, -0.1) is 0 Å². The largest absolute Gasteiger partial charge is 0.466 e. The first-order chi connectivity index (χ1) is 10.8. The number of hydrogen-bond donors (Lipinski definition) is 2. The second-order valence-electron chi connectivity index (χ2n) is 5.71. The number of amides is 2. The van der Waals surface area contributed by atoms with Crippen molar-refractivity contribution in [1.82, 2.24) is 10.2 Å². The molecule has 2 aromatic rings. The molecule has 122 valence electrons. The molecule has 2 amide bonds. The molecule has 0 spiro atoms. The molecule has 2 rings (SSSR count). The van der Waals surface area contributed by atoms with Gasteiger partial charge < -0.3 is 19.7 Å². The number of nitrogens with zero attached hydrogens (tertiary/aromatic N) is 1. The van der Waals surface area contributed by atoms with E-state index in [0.29, 0.717) is 16.9 Å². The molecule has 1 heterocycles. The van der Waals surface area contributed by atoms with Gasteiger partial charge in [0.25, 0.3) is 11.8 Å². The first-order valence-electron chi connectivity index (χ1n) is 7.17. The fourth-order valence-electron chi connectivity index (χ4n) is 2.08. The maximum absolute atomic E-state index is 12.2. The number of hydrogen-bond acceptors (Lipinski definition) is 4. The molecule has 0 aliphatic heterocycles.